The van der Waals surface area contributed by atoms with Gasteiger partial charge in [-0.25, -0.2) is 4.79 Å². The Morgan fingerprint density at radius 1 is 1.45 bits per heavy atom. The number of halogens is 1. The van der Waals surface area contributed by atoms with E-state index in [2.05, 4.69) is 10.6 Å². The molecule has 0 radical (unpaired) electrons. The summed E-state index contributed by atoms with van der Waals surface area (Å²) in [6, 6.07) is 4.55. The highest BCUT2D eigenvalue weighted by atomic mass is 35.5. The van der Waals surface area contributed by atoms with Gasteiger partial charge in [-0.15, -0.1) is 0 Å². The van der Waals surface area contributed by atoms with Crippen molar-refractivity contribution in [2.24, 2.45) is 5.41 Å². The van der Waals surface area contributed by atoms with Gasteiger partial charge in [0, 0.05) is 12.6 Å². The Hall–Kier alpha value is -1.46. The number of rotatable bonds is 4. The van der Waals surface area contributed by atoms with Crippen molar-refractivity contribution in [3.05, 3.63) is 23.2 Å². The molecule has 0 bridgehead atoms. The van der Waals surface area contributed by atoms with Gasteiger partial charge in [-0.3, -0.25) is 0 Å². The van der Waals surface area contributed by atoms with E-state index in [9.17, 15) is 9.90 Å². The Morgan fingerprint density at radius 3 is 2.60 bits per heavy atom. The topological polar surface area (TPSA) is 70.6 Å². The van der Waals surface area contributed by atoms with E-state index >= 15 is 0 Å². The second-order valence-electron chi connectivity index (χ2n) is 5.56. The van der Waals surface area contributed by atoms with Crippen molar-refractivity contribution < 1.29 is 14.6 Å². The summed E-state index contributed by atoms with van der Waals surface area (Å²) in [7, 11) is 1.54. The maximum atomic E-state index is 11.7. The van der Waals surface area contributed by atoms with E-state index < -0.39 is 12.1 Å². The third kappa shape index (κ3) is 4.90. The molecule has 1 atom stereocenters. The van der Waals surface area contributed by atoms with Gasteiger partial charge in [0.15, 0.2) is 0 Å². The van der Waals surface area contributed by atoms with Crippen LogP contribution in [0.15, 0.2) is 18.2 Å². The highest BCUT2D eigenvalue weighted by Crippen LogP contribution is 2.26. The SMILES string of the molecule is COc1ccc(NC(=O)NCC(O)C(C)(C)C)c(Cl)c1. The van der Waals surface area contributed by atoms with Crippen molar-refractivity contribution in [3.63, 3.8) is 0 Å². The molecule has 0 spiro atoms. The quantitative estimate of drug-likeness (QED) is 0.801. The highest BCUT2D eigenvalue weighted by Gasteiger charge is 2.22. The molecule has 6 heteroatoms. The van der Waals surface area contributed by atoms with Gasteiger partial charge in [0.25, 0.3) is 0 Å². The number of aliphatic hydroxyl groups excluding tert-OH is 1. The van der Waals surface area contributed by atoms with Crippen LogP contribution in [-0.4, -0.2) is 30.9 Å². The van der Waals surface area contributed by atoms with Crippen molar-refractivity contribution in [2.75, 3.05) is 19.0 Å². The Bertz CT molecular complexity index is 472. The minimum Gasteiger partial charge on any atom is -0.497 e. The number of urea groups is 1. The fraction of sp³-hybridized carbons (Fsp3) is 0.500. The first-order valence-electron chi connectivity index (χ1n) is 6.30. The molecule has 1 aromatic rings. The van der Waals surface area contributed by atoms with Crippen LogP contribution in [0.5, 0.6) is 5.75 Å². The number of anilines is 1. The van der Waals surface area contributed by atoms with Crippen LogP contribution in [0.4, 0.5) is 10.5 Å². The lowest BCUT2D eigenvalue weighted by Crippen LogP contribution is -2.40. The van der Waals surface area contributed by atoms with Gasteiger partial charge in [-0.05, 0) is 17.5 Å². The molecule has 20 heavy (non-hydrogen) atoms. The smallest absolute Gasteiger partial charge is 0.319 e. The van der Waals surface area contributed by atoms with Crippen molar-refractivity contribution in [1.29, 1.82) is 0 Å². The molecule has 1 aromatic carbocycles. The summed E-state index contributed by atoms with van der Waals surface area (Å²) in [6.45, 7) is 5.87. The molecule has 5 nitrogen and oxygen atoms in total. The first kappa shape index (κ1) is 16.6. The molecule has 0 aliphatic rings. The van der Waals surface area contributed by atoms with Gasteiger partial charge < -0.3 is 20.5 Å². The fourth-order valence-electron chi connectivity index (χ4n) is 1.39. The molecule has 2 amide bonds. The number of benzene rings is 1. The Labute approximate surface area is 124 Å². The maximum absolute atomic E-state index is 11.7. The number of hydrogen-bond acceptors (Lipinski definition) is 3. The molecular weight excluding hydrogens is 280 g/mol. The summed E-state index contributed by atoms with van der Waals surface area (Å²) in [4.78, 5) is 11.7. The van der Waals surface area contributed by atoms with Crippen LogP contribution < -0.4 is 15.4 Å². The van der Waals surface area contributed by atoms with Crippen LogP contribution in [-0.2, 0) is 0 Å². The summed E-state index contributed by atoms with van der Waals surface area (Å²) < 4.78 is 5.03. The predicted molar refractivity (Wildman–Crippen MR) is 80.5 cm³/mol. The molecule has 0 fully saturated rings. The van der Waals surface area contributed by atoms with Crippen LogP contribution in [0, 0.1) is 5.41 Å². The fourth-order valence-corrected chi connectivity index (χ4v) is 1.60. The molecule has 1 unspecified atom stereocenters. The molecule has 0 aromatic heterocycles. The van der Waals surface area contributed by atoms with Crippen LogP contribution in [0.1, 0.15) is 20.8 Å². The number of amides is 2. The van der Waals surface area contributed by atoms with Crippen molar-refractivity contribution in [3.8, 4) is 5.75 Å². The van der Waals surface area contributed by atoms with E-state index in [-0.39, 0.29) is 12.0 Å². The molecule has 3 N–H and O–H groups in total. The van der Waals surface area contributed by atoms with E-state index in [1.807, 2.05) is 20.8 Å². The summed E-state index contributed by atoms with van der Waals surface area (Å²) in [5, 5.41) is 15.4. The van der Waals surface area contributed by atoms with Crippen LogP contribution in [0.3, 0.4) is 0 Å². The largest absolute Gasteiger partial charge is 0.497 e. The van der Waals surface area contributed by atoms with E-state index in [4.69, 9.17) is 16.3 Å². The Balaban J connectivity index is 2.55. The Morgan fingerprint density at radius 2 is 2.10 bits per heavy atom. The third-order valence-corrected chi connectivity index (χ3v) is 3.19. The number of carbonyl (C=O) groups is 1. The molecule has 112 valence electrons. The molecule has 0 aliphatic heterocycles. The van der Waals surface area contributed by atoms with Gasteiger partial charge in [0.2, 0.25) is 0 Å². The molecule has 0 saturated heterocycles. The lowest BCUT2D eigenvalue weighted by Gasteiger charge is -2.25. The molecule has 0 saturated carbocycles. The maximum Gasteiger partial charge on any atom is 0.319 e. The standard InChI is InChI=1S/C14H21ClN2O3/c1-14(2,3)12(18)8-16-13(19)17-11-6-5-9(20-4)7-10(11)15/h5-7,12,18H,8H2,1-4H3,(H2,16,17,19). The number of carbonyl (C=O) groups excluding carboxylic acids is 1. The average Bonchev–Trinajstić information content (AvgIpc) is 2.37. The molecule has 1 rings (SSSR count). The first-order chi connectivity index (χ1) is 9.24. The zero-order chi connectivity index (χ0) is 15.3. The van der Waals surface area contributed by atoms with Crippen LogP contribution in [0.2, 0.25) is 5.02 Å². The predicted octanol–water partition coefficient (Wildman–Crippen LogP) is 2.88. The van der Waals surface area contributed by atoms with Crippen LogP contribution >= 0.6 is 11.6 Å². The second-order valence-corrected chi connectivity index (χ2v) is 5.97. The monoisotopic (exact) mass is 300 g/mol. The number of hydrogen-bond donors (Lipinski definition) is 3. The van der Waals surface area contributed by atoms with E-state index in [0.29, 0.717) is 16.5 Å². The number of methoxy groups -OCH3 is 1. The second kappa shape index (κ2) is 6.81. The number of nitrogens with one attached hydrogen (secondary N) is 2. The Kier molecular flexibility index (Phi) is 5.65. The summed E-state index contributed by atoms with van der Waals surface area (Å²) in [5.41, 5.74) is 0.195. The summed E-state index contributed by atoms with van der Waals surface area (Å²) >= 11 is 6.02. The van der Waals surface area contributed by atoms with Gasteiger partial charge in [0.05, 0.1) is 23.9 Å². The van der Waals surface area contributed by atoms with Gasteiger partial charge in [-0.1, -0.05) is 32.4 Å². The minimum atomic E-state index is -0.625. The number of ether oxygens (including phenoxy) is 1. The average molecular weight is 301 g/mol. The lowest BCUT2D eigenvalue weighted by molar-refractivity contribution is 0.0654. The zero-order valence-corrected chi connectivity index (χ0v) is 12.9. The molecule has 0 aliphatic carbocycles. The van der Waals surface area contributed by atoms with Gasteiger partial charge in [-0.2, -0.15) is 0 Å². The zero-order valence-electron chi connectivity index (χ0n) is 12.2. The number of aliphatic hydroxyl groups is 1. The van der Waals surface area contributed by atoms with Crippen LogP contribution in [0.25, 0.3) is 0 Å². The van der Waals surface area contributed by atoms with Gasteiger partial charge in [0.1, 0.15) is 5.75 Å². The van der Waals surface area contributed by atoms with E-state index in [1.54, 1.807) is 25.3 Å². The lowest BCUT2D eigenvalue weighted by atomic mass is 9.89. The highest BCUT2D eigenvalue weighted by molar-refractivity contribution is 6.33. The first-order valence-corrected chi connectivity index (χ1v) is 6.68. The minimum absolute atomic E-state index is 0.170. The normalized spacial score (nSPS) is 12.7. The summed E-state index contributed by atoms with van der Waals surface area (Å²) in [6.07, 6.45) is -0.625. The van der Waals surface area contributed by atoms with Crippen molar-refractivity contribution >= 4 is 23.3 Å². The van der Waals surface area contributed by atoms with Gasteiger partial charge >= 0.3 is 6.03 Å². The van der Waals surface area contributed by atoms with E-state index in [1.165, 1.54) is 0 Å². The molecule has 0 heterocycles. The van der Waals surface area contributed by atoms with Crippen molar-refractivity contribution in [2.45, 2.75) is 26.9 Å². The summed E-state index contributed by atoms with van der Waals surface area (Å²) in [5.74, 6) is 0.615. The van der Waals surface area contributed by atoms with E-state index in [0.717, 1.165) is 0 Å². The third-order valence-electron chi connectivity index (χ3n) is 2.88. The molecular formula is C14H21ClN2O3. The van der Waals surface area contributed by atoms with Crippen molar-refractivity contribution in [1.82, 2.24) is 5.32 Å².